The molecule has 2 atom stereocenters. The van der Waals surface area contributed by atoms with Crippen LogP contribution in [0.5, 0.6) is 0 Å². The van der Waals surface area contributed by atoms with Gasteiger partial charge in [-0.25, -0.2) is 4.79 Å². The summed E-state index contributed by atoms with van der Waals surface area (Å²) in [5, 5.41) is 14.9. The van der Waals surface area contributed by atoms with E-state index in [0.717, 1.165) is 5.56 Å². The Kier molecular flexibility index (Phi) is 6.39. The molecule has 0 radical (unpaired) electrons. The van der Waals surface area contributed by atoms with Crippen molar-refractivity contribution in [1.29, 1.82) is 5.26 Å². The van der Waals surface area contributed by atoms with E-state index >= 15 is 0 Å². The first-order valence-electron chi connectivity index (χ1n) is 7.44. The van der Waals surface area contributed by atoms with E-state index in [-0.39, 0.29) is 12.1 Å². The maximum absolute atomic E-state index is 11.6. The molecule has 0 unspecified atom stereocenters. The van der Waals surface area contributed by atoms with E-state index in [9.17, 15) is 4.79 Å². The summed E-state index contributed by atoms with van der Waals surface area (Å²) in [5.41, 5.74) is 1.26. The van der Waals surface area contributed by atoms with Crippen LogP contribution >= 0.6 is 0 Å². The molecule has 1 aromatic rings. The average molecular weight is 303 g/mol. The van der Waals surface area contributed by atoms with Crippen LogP contribution in [0.2, 0.25) is 0 Å². The predicted octanol–water partition coefficient (Wildman–Crippen LogP) is 3.12. The molecule has 5 nitrogen and oxygen atoms in total. The normalized spacial score (nSPS) is 13.8. The van der Waals surface area contributed by atoms with E-state index in [1.54, 1.807) is 12.1 Å². The molecular weight excluding hydrogens is 278 g/mol. The van der Waals surface area contributed by atoms with Gasteiger partial charge in [0.25, 0.3) is 0 Å². The first-order valence-corrected chi connectivity index (χ1v) is 7.44. The smallest absolute Gasteiger partial charge is 0.407 e. The molecule has 2 N–H and O–H groups in total. The fraction of sp³-hybridized carbons (Fsp3) is 0.529. The Labute approximate surface area is 132 Å². The van der Waals surface area contributed by atoms with E-state index in [2.05, 4.69) is 16.7 Å². The molecule has 0 heterocycles. The maximum atomic E-state index is 11.6. The molecular formula is C17H25N3O2. The number of alkyl carbamates (subject to hydrolysis) is 1. The number of nitriles is 1. The van der Waals surface area contributed by atoms with Crippen molar-refractivity contribution in [1.82, 2.24) is 10.6 Å². The lowest BCUT2D eigenvalue weighted by Crippen LogP contribution is -2.41. The zero-order valence-electron chi connectivity index (χ0n) is 13.9. The average Bonchev–Trinajstić information content (AvgIpc) is 2.43. The van der Waals surface area contributed by atoms with Crippen molar-refractivity contribution in [3.05, 3.63) is 35.4 Å². The number of nitrogens with zero attached hydrogens (tertiary/aromatic N) is 1. The number of ether oxygens (including phenoxy) is 1. The van der Waals surface area contributed by atoms with Crippen LogP contribution in [-0.4, -0.2) is 24.3 Å². The minimum Gasteiger partial charge on any atom is -0.444 e. The Morgan fingerprint density at radius 3 is 2.36 bits per heavy atom. The molecule has 1 aromatic carbocycles. The minimum absolute atomic E-state index is 0.0955. The number of hydrogen-bond acceptors (Lipinski definition) is 4. The molecule has 22 heavy (non-hydrogen) atoms. The first-order chi connectivity index (χ1) is 10.2. The van der Waals surface area contributed by atoms with Crippen molar-refractivity contribution in [2.75, 3.05) is 6.54 Å². The van der Waals surface area contributed by atoms with Crippen molar-refractivity contribution >= 4 is 6.09 Å². The summed E-state index contributed by atoms with van der Waals surface area (Å²) in [5.74, 6) is 0. The lowest BCUT2D eigenvalue weighted by Gasteiger charge is -2.23. The summed E-state index contributed by atoms with van der Waals surface area (Å²) >= 11 is 0. The van der Waals surface area contributed by atoms with Crippen molar-refractivity contribution in [2.45, 2.75) is 52.3 Å². The van der Waals surface area contributed by atoms with Gasteiger partial charge in [-0.3, -0.25) is 0 Å². The highest BCUT2D eigenvalue weighted by atomic mass is 16.6. The van der Waals surface area contributed by atoms with Crippen LogP contribution < -0.4 is 10.6 Å². The van der Waals surface area contributed by atoms with E-state index in [1.165, 1.54) is 0 Å². The molecule has 0 aliphatic carbocycles. The van der Waals surface area contributed by atoms with Crippen LogP contribution in [0.3, 0.4) is 0 Å². The topological polar surface area (TPSA) is 74.2 Å². The molecule has 0 aliphatic rings. The highest BCUT2D eigenvalue weighted by Crippen LogP contribution is 2.13. The van der Waals surface area contributed by atoms with Gasteiger partial charge in [0, 0.05) is 18.6 Å². The summed E-state index contributed by atoms with van der Waals surface area (Å²) in [6.45, 7) is 10.0. The molecule has 0 aliphatic heterocycles. The van der Waals surface area contributed by atoms with Gasteiger partial charge in [0.1, 0.15) is 5.60 Å². The number of benzene rings is 1. The largest absolute Gasteiger partial charge is 0.444 e. The Morgan fingerprint density at radius 2 is 1.86 bits per heavy atom. The first kappa shape index (κ1) is 18.0. The second-order valence-corrected chi connectivity index (χ2v) is 6.41. The molecule has 0 aromatic heterocycles. The van der Waals surface area contributed by atoms with Crippen molar-refractivity contribution in [3.63, 3.8) is 0 Å². The van der Waals surface area contributed by atoms with Gasteiger partial charge in [-0.1, -0.05) is 12.1 Å². The lowest BCUT2D eigenvalue weighted by atomic mass is 10.1. The lowest BCUT2D eigenvalue weighted by molar-refractivity contribution is 0.0522. The molecule has 1 amide bonds. The van der Waals surface area contributed by atoms with Gasteiger partial charge < -0.3 is 15.4 Å². The minimum atomic E-state index is -0.490. The zero-order chi connectivity index (χ0) is 16.8. The molecule has 0 saturated carbocycles. The Bertz CT molecular complexity index is 526. The number of nitrogens with one attached hydrogen (secondary N) is 2. The van der Waals surface area contributed by atoms with Gasteiger partial charge in [-0.2, -0.15) is 5.26 Å². The van der Waals surface area contributed by atoms with E-state index in [1.807, 2.05) is 46.8 Å². The number of amides is 1. The van der Waals surface area contributed by atoms with Gasteiger partial charge in [0.05, 0.1) is 11.6 Å². The van der Waals surface area contributed by atoms with Gasteiger partial charge in [-0.05, 0) is 52.3 Å². The monoisotopic (exact) mass is 303 g/mol. The number of carbonyl (C=O) groups is 1. The summed E-state index contributed by atoms with van der Waals surface area (Å²) in [7, 11) is 0. The molecule has 5 heteroatoms. The summed E-state index contributed by atoms with van der Waals surface area (Å²) in [6.07, 6.45) is -0.410. The fourth-order valence-electron chi connectivity index (χ4n) is 1.98. The molecule has 0 fully saturated rings. The van der Waals surface area contributed by atoms with Crippen LogP contribution in [0, 0.1) is 11.3 Å². The summed E-state index contributed by atoms with van der Waals surface area (Å²) < 4.78 is 5.19. The van der Waals surface area contributed by atoms with Gasteiger partial charge >= 0.3 is 6.09 Å². The summed E-state index contributed by atoms with van der Waals surface area (Å²) in [4.78, 5) is 11.6. The van der Waals surface area contributed by atoms with Crippen molar-refractivity contribution < 1.29 is 9.53 Å². The van der Waals surface area contributed by atoms with Crippen LogP contribution in [0.25, 0.3) is 0 Å². The highest BCUT2D eigenvalue weighted by Gasteiger charge is 2.17. The SMILES string of the molecule is C[C@H](N[C@@H](C)CNC(=O)OC(C)(C)C)c1ccc(C#N)cc1. The van der Waals surface area contributed by atoms with Crippen LogP contribution in [0.1, 0.15) is 51.8 Å². The third-order valence-electron chi connectivity index (χ3n) is 3.03. The van der Waals surface area contributed by atoms with Crippen molar-refractivity contribution in [3.8, 4) is 6.07 Å². The maximum Gasteiger partial charge on any atom is 0.407 e. The van der Waals surface area contributed by atoms with Crippen LogP contribution in [0.15, 0.2) is 24.3 Å². The van der Waals surface area contributed by atoms with Gasteiger partial charge in [0.15, 0.2) is 0 Å². The number of hydrogen-bond donors (Lipinski definition) is 2. The van der Waals surface area contributed by atoms with Gasteiger partial charge in [-0.15, -0.1) is 0 Å². The Morgan fingerprint density at radius 1 is 1.27 bits per heavy atom. The standard InChI is InChI=1S/C17H25N3O2/c1-12(11-19-16(21)22-17(3,4)5)20-13(2)15-8-6-14(10-18)7-9-15/h6-9,12-13,20H,11H2,1-5H3,(H,19,21)/t12-,13-/m0/s1. The second kappa shape index (κ2) is 7.81. The zero-order valence-corrected chi connectivity index (χ0v) is 13.9. The van der Waals surface area contributed by atoms with Crippen LogP contribution in [-0.2, 0) is 4.74 Å². The fourth-order valence-corrected chi connectivity index (χ4v) is 1.98. The molecule has 120 valence electrons. The quantitative estimate of drug-likeness (QED) is 0.876. The predicted molar refractivity (Wildman–Crippen MR) is 86.4 cm³/mol. The molecule has 0 spiro atoms. The third kappa shape index (κ3) is 6.59. The van der Waals surface area contributed by atoms with Crippen LogP contribution in [0.4, 0.5) is 4.79 Å². The second-order valence-electron chi connectivity index (χ2n) is 6.41. The van der Waals surface area contributed by atoms with E-state index in [0.29, 0.717) is 12.1 Å². The number of rotatable bonds is 5. The highest BCUT2D eigenvalue weighted by molar-refractivity contribution is 5.67. The number of carbonyl (C=O) groups excluding carboxylic acids is 1. The van der Waals surface area contributed by atoms with E-state index < -0.39 is 11.7 Å². The molecule has 0 bridgehead atoms. The molecule has 1 rings (SSSR count). The summed E-state index contributed by atoms with van der Waals surface area (Å²) in [6, 6.07) is 9.80. The van der Waals surface area contributed by atoms with Gasteiger partial charge in [0.2, 0.25) is 0 Å². The van der Waals surface area contributed by atoms with E-state index in [4.69, 9.17) is 10.00 Å². The van der Waals surface area contributed by atoms with Crippen molar-refractivity contribution in [2.24, 2.45) is 0 Å². The molecule has 0 saturated heterocycles. The third-order valence-corrected chi connectivity index (χ3v) is 3.03. The Hall–Kier alpha value is -2.06. The Balaban J connectivity index is 2.42.